The van der Waals surface area contributed by atoms with E-state index in [0.29, 0.717) is 34.8 Å². The molecule has 3 heterocycles. The summed E-state index contributed by atoms with van der Waals surface area (Å²) in [6.07, 6.45) is 11.9. The Bertz CT molecular complexity index is 1560. The van der Waals surface area contributed by atoms with Crippen molar-refractivity contribution in [3.63, 3.8) is 0 Å². The molecule has 0 unspecified atom stereocenters. The van der Waals surface area contributed by atoms with Crippen molar-refractivity contribution in [3.8, 4) is 17.3 Å². The highest BCUT2D eigenvalue weighted by atomic mass is 16.2. The highest BCUT2D eigenvalue weighted by Gasteiger charge is 2.25. The van der Waals surface area contributed by atoms with Crippen LogP contribution in [-0.2, 0) is 5.41 Å². The van der Waals surface area contributed by atoms with E-state index in [9.17, 15) is 14.9 Å². The van der Waals surface area contributed by atoms with Crippen LogP contribution in [0.15, 0.2) is 66.4 Å². The van der Waals surface area contributed by atoms with E-state index in [4.69, 9.17) is 4.98 Å². The molecule has 0 saturated heterocycles. The number of amides is 2. The first-order chi connectivity index (χ1) is 18.7. The molecule has 2 N–H and O–H groups in total. The molecule has 196 valence electrons. The molecule has 0 atom stereocenters. The highest BCUT2D eigenvalue weighted by Crippen LogP contribution is 2.30. The maximum absolute atomic E-state index is 13.1. The van der Waals surface area contributed by atoms with Gasteiger partial charge in [0.05, 0.1) is 41.0 Å². The van der Waals surface area contributed by atoms with E-state index in [0.717, 1.165) is 41.7 Å². The summed E-state index contributed by atoms with van der Waals surface area (Å²) in [5.74, 6) is -0.443. The normalized spacial score (nSPS) is 15.3. The van der Waals surface area contributed by atoms with E-state index in [1.54, 1.807) is 56.8 Å². The summed E-state index contributed by atoms with van der Waals surface area (Å²) in [6.45, 7) is 5.58. The van der Waals surface area contributed by atoms with Crippen molar-refractivity contribution < 1.29 is 9.59 Å². The molecule has 3 aromatic heterocycles. The first kappa shape index (κ1) is 25.9. The Morgan fingerprint density at radius 2 is 1.79 bits per heavy atom. The van der Waals surface area contributed by atoms with Gasteiger partial charge in [-0.05, 0) is 76.8 Å². The van der Waals surface area contributed by atoms with Crippen molar-refractivity contribution >= 4 is 17.4 Å². The molecule has 3 aromatic rings. The Morgan fingerprint density at radius 1 is 1.03 bits per heavy atom. The lowest BCUT2D eigenvalue weighted by atomic mass is 9.90. The smallest absolute Gasteiger partial charge is 0.270 e. The lowest BCUT2D eigenvalue weighted by Crippen LogP contribution is -2.26. The van der Waals surface area contributed by atoms with Gasteiger partial charge in [-0.15, -0.1) is 0 Å². The second kappa shape index (κ2) is 10.6. The van der Waals surface area contributed by atoms with E-state index >= 15 is 0 Å². The first-order valence-electron chi connectivity index (χ1n) is 12.9. The molecule has 2 aliphatic rings. The minimum Gasteiger partial charge on any atom is -0.348 e. The van der Waals surface area contributed by atoms with E-state index < -0.39 is 5.41 Å². The molecule has 0 aromatic carbocycles. The summed E-state index contributed by atoms with van der Waals surface area (Å²) in [6, 6.07) is 9.30. The molecule has 39 heavy (non-hydrogen) atoms. The van der Waals surface area contributed by atoms with Gasteiger partial charge in [0.2, 0.25) is 0 Å². The van der Waals surface area contributed by atoms with E-state index in [-0.39, 0.29) is 17.9 Å². The fraction of sp³-hybridized carbons (Fsp3) is 0.300. The van der Waals surface area contributed by atoms with Crippen LogP contribution >= 0.6 is 0 Å². The summed E-state index contributed by atoms with van der Waals surface area (Å²) in [7, 11) is 0. The molecule has 0 bridgehead atoms. The average Bonchev–Trinajstić information content (AvgIpc) is 3.78. The Kier molecular flexibility index (Phi) is 7.03. The third-order valence-electron chi connectivity index (χ3n) is 6.88. The van der Waals surface area contributed by atoms with Crippen LogP contribution in [0.2, 0.25) is 0 Å². The van der Waals surface area contributed by atoms with E-state index in [1.807, 2.05) is 19.1 Å². The molecule has 2 aliphatic carbocycles. The van der Waals surface area contributed by atoms with Crippen LogP contribution in [0, 0.1) is 11.3 Å². The van der Waals surface area contributed by atoms with Crippen LogP contribution in [0.5, 0.6) is 0 Å². The lowest BCUT2D eigenvalue weighted by Gasteiger charge is -2.19. The van der Waals surface area contributed by atoms with Gasteiger partial charge in [-0.3, -0.25) is 24.5 Å². The molecule has 2 amide bonds. The van der Waals surface area contributed by atoms with Crippen molar-refractivity contribution in [1.29, 1.82) is 5.26 Å². The summed E-state index contributed by atoms with van der Waals surface area (Å²) in [5, 5.41) is 15.4. The second-order valence-electron chi connectivity index (χ2n) is 10.5. The summed E-state index contributed by atoms with van der Waals surface area (Å²) >= 11 is 0. The quantitative estimate of drug-likeness (QED) is 0.469. The third-order valence-corrected chi connectivity index (χ3v) is 6.88. The summed E-state index contributed by atoms with van der Waals surface area (Å²) in [5.41, 5.74) is 5.41. The van der Waals surface area contributed by atoms with Crippen molar-refractivity contribution in [2.75, 3.05) is 0 Å². The predicted molar refractivity (Wildman–Crippen MR) is 146 cm³/mol. The monoisotopic (exact) mass is 519 g/mol. The van der Waals surface area contributed by atoms with Crippen LogP contribution in [0.25, 0.3) is 16.8 Å². The lowest BCUT2D eigenvalue weighted by molar-refractivity contribution is 0.0943. The second-order valence-corrected chi connectivity index (χ2v) is 10.5. The number of nitriles is 1. The first-order valence-corrected chi connectivity index (χ1v) is 12.9. The van der Waals surface area contributed by atoms with Gasteiger partial charge in [-0.1, -0.05) is 5.57 Å². The number of carbonyl (C=O) groups is 2. The summed E-state index contributed by atoms with van der Waals surface area (Å²) in [4.78, 5) is 43.3. The zero-order valence-electron chi connectivity index (χ0n) is 22.2. The number of pyridine rings is 2. The maximum Gasteiger partial charge on any atom is 0.270 e. The minimum atomic E-state index is -0.798. The zero-order chi connectivity index (χ0) is 27.6. The Balaban J connectivity index is 1.37. The predicted octanol–water partition coefficient (Wildman–Crippen LogP) is 4.51. The van der Waals surface area contributed by atoms with Gasteiger partial charge in [0, 0.05) is 40.8 Å². The molecule has 0 aliphatic heterocycles. The average molecular weight is 520 g/mol. The number of nitrogens with one attached hydrogen (secondary N) is 2. The van der Waals surface area contributed by atoms with Crippen molar-refractivity contribution in [2.45, 2.75) is 57.9 Å². The Morgan fingerprint density at radius 3 is 2.56 bits per heavy atom. The maximum atomic E-state index is 13.1. The zero-order valence-corrected chi connectivity index (χ0v) is 22.2. The Hall–Kier alpha value is -4.71. The Labute approximate surface area is 227 Å². The van der Waals surface area contributed by atoms with Gasteiger partial charge in [0.25, 0.3) is 11.8 Å². The van der Waals surface area contributed by atoms with Crippen LogP contribution < -0.4 is 10.6 Å². The number of rotatable bonds is 7. The number of carbonyl (C=O) groups excluding carboxylic acids is 2. The number of nitrogens with zero attached hydrogens (tertiary/aromatic N) is 5. The SMILES string of the molecule is CC1=C(c2cncc(-c3ccnc(C(=O)NC4CC4)c3)n2)C=C(NC(=O)c2ccnc(C(C)(C)C#N)c2)CC1. The number of hydrogen-bond donors (Lipinski definition) is 2. The van der Waals surface area contributed by atoms with Crippen LogP contribution in [0.3, 0.4) is 0 Å². The molecule has 1 saturated carbocycles. The molecular formula is C30H29N7O2. The van der Waals surface area contributed by atoms with E-state index in [1.165, 1.54) is 0 Å². The number of aromatic nitrogens is 4. The summed E-state index contributed by atoms with van der Waals surface area (Å²) < 4.78 is 0. The van der Waals surface area contributed by atoms with Crippen LogP contribution in [0.1, 0.15) is 78.7 Å². The topological polar surface area (TPSA) is 134 Å². The van der Waals surface area contributed by atoms with Crippen molar-refractivity contribution in [2.24, 2.45) is 0 Å². The van der Waals surface area contributed by atoms with Crippen LogP contribution in [-0.4, -0.2) is 37.8 Å². The number of hydrogen-bond acceptors (Lipinski definition) is 7. The van der Waals surface area contributed by atoms with Gasteiger partial charge in [0.1, 0.15) is 5.69 Å². The highest BCUT2D eigenvalue weighted by molar-refractivity contribution is 5.96. The van der Waals surface area contributed by atoms with Crippen LogP contribution in [0.4, 0.5) is 0 Å². The molecule has 5 rings (SSSR count). The molecule has 0 spiro atoms. The molecule has 0 radical (unpaired) electrons. The fourth-order valence-corrected chi connectivity index (χ4v) is 4.24. The minimum absolute atomic E-state index is 0.185. The standard InChI is InChI=1S/C30H29N7O2/c1-18-4-5-22(36-28(38)20-9-11-34-27(13-20)30(2,3)17-31)14-23(18)26-16-32-15-25(37-26)19-8-10-33-24(12-19)29(39)35-21-6-7-21/h8-16,21H,4-7H2,1-3H3,(H,35,39)(H,36,38). The molecule has 9 heteroatoms. The van der Waals surface area contributed by atoms with E-state index in [2.05, 4.69) is 31.7 Å². The largest absolute Gasteiger partial charge is 0.348 e. The van der Waals surface area contributed by atoms with Crippen molar-refractivity contribution in [1.82, 2.24) is 30.6 Å². The van der Waals surface area contributed by atoms with Gasteiger partial charge in [-0.2, -0.15) is 5.26 Å². The van der Waals surface area contributed by atoms with Gasteiger partial charge in [0.15, 0.2) is 0 Å². The third kappa shape index (κ3) is 5.91. The van der Waals surface area contributed by atoms with Gasteiger partial charge >= 0.3 is 0 Å². The molecular weight excluding hydrogens is 490 g/mol. The number of allylic oxidation sites excluding steroid dienone is 4. The fourth-order valence-electron chi connectivity index (χ4n) is 4.24. The van der Waals surface area contributed by atoms with Gasteiger partial charge < -0.3 is 10.6 Å². The van der Waals surface area contributed by atoms with Crippen molar-refractivity contribution in [3.05, 3.63) is 89.0 Å². The molecule has 9 nitrogen and oxygen atoms in total. The van der Waals surface area contributed by atoms with Gasteiger partial charge in [-0.25, -0.2) is 4.98 Å². The molecule has 1 fully saturated rings.